The highest BCUT2D eigenvalue weighted by molar-refractivity contribution is 5.52. The molecule has 0 atom stereocenters. The quantitative estimate of drug-likeness (QED) is 0.767. The van der Waals surface area contributed by atoms with Gasteiger partial charge in [0.1, 0.15) is 6.61 Å². The summed E-state index contributed by atoms with van der Waals surface area (Å²) in [4.78, 5) is 4.40. The molecular weight excluding hydrogens is 194 g/mol. The second-order valence-electron chi connectivity index (χ2n) is 3.18. The molecule has 1 heterocycles. The molecule has 5 nitrogen and oxygen atoms in total. The summed E-state index contributed by atoms with van der Waals surface area (Å²) in [6.45, 7) is 2.14. The first kappa shape index (κ1) is 9.82. The molecule has 0 saturated heterocycles. The van der Waals surface area contributed by atoms with Crippen molar-refractivity contribution >= 4 is 0 Å². The highest BCUT2D eigenvalue weighted by Crippen LogP contribution is 2.18. The van der Waals surface area contributed by atoms with Gasteiger partial charge in [-0.2, -0.15) is 0 Å². The molecule has 0 unspecified atom stereocenters. The van der Waals surface area contributed by atoms with Crippen molar-refractivity contribution < 1.29 is 9.25 Å². The number of hydrogen-bond acceptors (Lipinski definition) is 5. The van der Waals surface area contributed by atoms with Gasteiger partial charge in [0.05, 0.1) is 0 Å². The Bertz CT molecular complexity index is 436. The molecule has 0 fully saturated rings. The maximum atomic E-state index is 5.32. The Morgan fingerprint density at radius 2 is 2.00 bits per heavy atom. The van der Waals surface area contributed by atoms with Crippen molar-refractivity contribution in [3.63, 3.8) is 0 Å². The maximum absolute atomic E-state index is 5.32. The van der Waals surface area contributed by atoms with Crippen molar-refractivity contribution in [2.45, 2.75) is 13.5 Å². The smallest absolute Gasteiger partial charge is 0.247 e. The van der Waals surface area contributed by atoms with Crippen LogP contribution in [-0.2, 0) is 11.4 Å². The molecule has 0 radical (unpaired) electrons. The molecular formula is C10H11N3O2. The summed E-state index contributed by atoms with van der Waals surface area (Å²) in [6, 6.07) is 7.82. The third-order valence-corrected chi connectivity index (χ3v) is 1.97. The molecule has 2 rings (SSSR count). The number of hydrogen-bond donors (Lipinski definition) is 1. The third kappa shape index (κ3) is 2.20. The number of aryl methyl sites for hydroxylation is 1. The van der Waals surface area contributed by atoms with E-state index in [1.165, 1.54) is 5.56 Å². The zero-order chi connectivity index (χ0) is 10.7. The van der Waals surface area contributed by atoms with Crippen LogP contribution in [0.2, 0.25) is 0 Å². The first-order chi connectivity index (χ1) is 7.29. The zero-order valence-electron chi connectivity index (χ0n) is 8.30. The van der Waals surface area contributed by atoms with Crippen LogP contribution in [0.25, 0.3) is 11.5 Å². The molecule has 15 heavy (non-hydrogen) atoms. The van der Waals surface area contributed by atoms with Gasteiger partial charge in [-0.25, -0.2) is 5.90 Å². The lowest BCUT2D eigenvalue weighted by Gasteiger charge is -1.95. The van der Waals surface area contributed by atoms with Crippen molar-refractivity contribution in [3.8, 4) is 11.5 Å². The molecule has 0 saturated carbocycles. The van der Waals surface area contributed by atoms with Gasteiger partial charge in [0.15, 0.2) is 0 Å². The van der Waals surface area contributed by atoms with Crippen molar-refractivity contribution in [2.75, 3.05) is 0 Å². The summed E-state index contributed by atoms with van der Waals surface area (Å²) in [7, 11) is 0. The standard InChI is InChI=1S/C10H11N3O2/c1-7-2-4-8(5-3-7)10-13-12-9(15-10)6-14-11/h2-5H,6,11H2,1H3. The first-order valence-electron chi connectivity index (χ1n) is 4.50. The van der Waals surface area contributed by atoms with Crippen LogP contribution in [0, 0.1) is 6.92 Å². The lowest BCUT2D eigenvalue weighted by atomic mass is 10.1. The minimum atomic E-state index is 0.124. The third-order valence-electron chi connectivity index (χ3n) is 1.97. The number of rotatable bonds is 3. The van der Waals surface area contributed by atoms with Gasteiger partial charge in [0, 0.05) is 5.56 Å². The van der Waals surface area contributed by atoms with Gasteiger partial charge < -0.3 is 4.42 Å². The Morgan fingerprint density at radius 3 is 2.67 bits per heavy atom. The predicted octanol–water partition coefficient (Wildman–Crippen LogP) is 1.44. The molecule has 0 spiro atoms. The molecule has 0 aliphatic heterocycles. The predicted molar refractivity (Wildman–Crippen MR) is 53.4 cm³/mol. The van der Waals surface area contributed by atoms with Crippen molar-refractivity contribution in [1.82, 2.24) is 10.2 Å². The minimum absolute atomic E-state index is 0.124. The summed E-state index contributed by atoms with van der Waals surface area (Å²) < 4.78 is 5.32. The average Bonchev–Trinajstić information content (AvgIpc) is 2.68. The van der Waals surface area contributed by atoms with E-state index in [4.69, 9.17) is 10.3 Å². The van der Waals surface area contributed by atoms with Gasteiger partial charge in [-0.3, -0.25) is 4.84 Å². The zero-order valence-corrected chi connectivity index (χ0v) is 8.30. The van der Waals surface area contributed by atoms with E-state index in [0.29, 0.717) is 11.8 Å². The highest BCUT2D eigenvalue weighted by Gasteiger charge is 2.07. The molecule has 0 bridgehead atoms. The van der Waals surface area contributed by atoms with Crippen LogP contribution in [-0.4, -0.2) is 10.2 Å². The molecule has 2 aromatic rings. The van der Waals surface area contributed by atoms with Gasteiger partial charge >= 0.3 is 0 Å². The summed E-state index contributed by atoms with van der Waals surface area (Å²) in [5.74, 6) is 5.74. The van der Waals surface area contributed by atoms with Crippen molar-refractivity contribution in [1.29, 1.82) is 0 Å². The van der Waals surface area contributed by atoms with Crippen LogP contribution in [0.3, 0.4) is 0 Å². The molecule has 0 amide bonds. The van der Waals surface area contributed by atoms with Gasteiger partial charge in [-0.1, -0.05) is 17.7 Å². The molecule has 0 aliphatic carbocycles. The van der Waals surface area contributed by atoms with Crippen LogP contribution in [0.4, 0.5) is 0 Å². The Labute approximate surface area is 86.8 Å². The summed E-state index contributed by atoms with van der Waals surface area (Å²) in [5.41, 5.74) is 2.07. The SMILES string of the molecule is Cc1ccc(-c2nnc(CON)o2)cc1. The fraction of sp³-hybridized carbons (Fsp3) is 0.200. The first-order valence-corrected chi connectivity index (χ1v) is 4.50. The molecule has 0 aliphatic rings. The van der Waals surface area contributed by atoms with E-state index in [-0.39, 0.29) is 6.61 Å². The monoisotopic (exact) mass is 205 g/mol. The van der Waals surface area contributed by atoms with Crippen LogP contribution >= 0.6 is 0 Å². The molecule has 1 aromatic carbocycles. The molecule has 1 aromatic heterocycles. The van der Waals surface area contributed by atoms with E-state index in [1.807, 2.05) is 31.2 Å². The van der Waals surface area contributed by atoms with E-state index in [9.17, 15) is 0 Å². The van der Waals surface area contributed by atoms with Gasteiger partial charge in [0.2, 0.25) is 11.8 Å². The Hall–Kier alpha value is -1.72. The van der Waals surface area contributed by atoms with Crippen LogP contribution in [0.1, 0.15) is 11.5 Å². The largest absolute Gasteiger partial charge is 0.418 e. The second kappa shape index (κ2) is 4.20. The molecule has 78 valence electrons. The highest BCUT2D eigenvalue weighted by atomic mass is 16.6. The van der Waals surface area contributed by atoms with E-state index in [2.05, 4.69) is 15.0 Å². The lowest BCUT2D eigenvalue weighted by Crippen LogP contribution is -1.98. The van der Waals surface area contributed by atoms with Crippen LogP contribution < -0.4 is 5.90 Å². The second-order valence-corrected chi connectivity index (χ2v) is 3.18. The van der Waals surface area contributed by atoms with E-state index in [1.54, 1.807) is 0 Å². The van der Waals surface area contributed by atoms with Crippen molar-refractivity contribution in [2.24, 2.45) is 5.90 Å². The summed E-state index contributed by atoms with van der Waals surface area (Å²) in [5, 5.41) is 7.67. The van der Waals surface area contributed by atoms with Crippen LogP contribution in [0.15, 0.2) is 28.7 Å². The fourth-order valence-electron chi connectivity index (χ4n) is 1.20. The summed E-state index contributed by atoms with van der Waals surface area (Å²) in [6.07, 6.45) is 0. The normalized spacial score (nSPS) is 10.5. The van der Waals surface area contributed by atoms with Crippen molar-refractivity contribution in [3.05, 3.63) is 35.7 Å². The van der Waals surface area contributed by atoms with Gasteiger partial charge in [-0.05, 0) is 19.1 Å². The summed E-state index contributed by atoms with van der Waals surface area (Å²) >= 11 is 0. The fourth-order valence-corrected chi connectivity index (χ4v) is 1.20. The van der Waals surface area contributed by atoms with E-state index < -0.39 is 0 Å². The van der Waals surface area contributed by atoms with E-state index in [0.717, 1.165) is 5.56 Å². The number of nitrogens with zero attached hydrogens (tertiary/aromatic N) is 2. The Kier molecular flexibility index (Phi) is 2.75. The van der Waals surface area contributed by atoms with E-state index >= 15 is 0 Å². The molecule has 2 N–H and O–H groups in total. The Balaban J connectivity index is 2.25. The van der Waals surface area contributed by atoms with Gasteiger partial charge in [-0.15, -0.1) is 10.2 Å². The topological polar surface area (TPSA) is 74.2 Å². The van der Waals surface area contributed by atoms with Gasteiger partial charge in [0.25, 0.3) is 0 Å². The lowest BCUT2D eigenvalue weighted by molar-refractivity contribution is 0.105. The minimum Gasteiger partial charge on any atom is -0.418 e. The maximum Gasteiger partial charge on any atom is 0.247 e. The number of aromatic nitrogens is 2. The van der Waals surface area contributed by atoms with Crippen LogP contribution in [0.5, 0.6) is 0 Å². The average molecular weight is 205 g/mol. The Morgan fingerprint density at radius 1 is 1.27 bits per heavy atom. The number of nitrogens with two attached hydrogens (primary N) is 1. The number of benzene rings is 1. The molecule has 5 heteroatoms.